The minimum atomic E-state index is -2.87. The van der Waals surface area contributed by atoms with Crippen LogP contribution in [0.3, 0.4) is 0 Å². The van der Waals surface area contributed by atoms with Gasteiger partial charge >= 0.3 is 7.67 Å². The minimum Gasteiger partial charge on any atom is -0.422 e. The third-order valence-corrected chi connectivity index (χ3v) is 7.26. The van der Waals surface area contributed by atoms with Crippen LogP contribution in [0.2, 0.25) is 0 Å². The number of rotatable bonds is 6. The van der Waals surface area contributed by atoms with E-state index in [1.165, 1.54) is 0 Å². The van der Waals surface area contributed by atoms with E-state index in [-0.39, 0.29) is 0 Å². The van der Waals surface area contributed by atoms with Crippen LogP contribution in [0.5, 0.6) is 5.75 Å². The van der Waals surface area contributed by atoms with E-state index >= 15 is 0 Å². The molecule has 2 heterocycles. The quantitative estimate of drug-likeness (QED) is 0.565. The molecule has 4 nitrogen and oxygen atoms in total. The zero-order valence-corrected chi connectivity index (χ0v) is 14.3. The van der Waals surface area contributed by atoms with E-state index in [0.29, 0.717) is 17.8 Å². The van der Waals surface area contributed by atoms with Gasteiger partial charge in [0.05, 0.1) is 0 Å². The summed E-state index contributed by atoms with van der Waals surface area (Å²) in [6.07, 6.45) is 2.05. The van der Waals surface area contributed by atoms with Crippen LogP contribution in [0.25, 0.3) is 0 Å². The Balaban J connectivity index is 1.80. The van der Waals surface area contributed by atoms with Crippen molar-refractivity contribution in [2.75, 3.05) is 13.1 Å². The molecule has 110 valence electrons. The molecule has 0 aliphatic carbocycles. The lowest BCUT2D eigenvalue weighted by Gasteiger charge is -2.22. The molecule has 0 aromatic heterocycles. The van der Waals surface area contributed by atoms with Gasteiger partial charge in [0, 0.05) is 29.6 Å². The molecular formula is C14H20BrN2O2P. The topological polar surface area (TPSA) is 32.3 Å². The van der Waals surface area contributed by atoms with Crippen molar-refractivity contribution in [3.05, 3.63) is 28.7 Å². The van der Waals surface area contributed by atoms with Crippen molar-refractivity contribution in [1.82, 2.24) is 9.34 Å². The van der Waals surface area contributed by atoms with Gasteiger partial charge in [-0.05, 0) is 37.1 Å². The number of halogens is 1. The second kappa shape index (κ2) is 5.45. The molecule has 2 aliphatic heterocycles. The zero-order chi connectivity index (χ0) is 14.3. The fourth-order valence-corrected chi connectivity index (χ4v) is 5.63. The lowest BCUT2D eigenvalue weighted by molar-refractivity contribution is 0.395. The average Bonchev–Trinajstić information content (AvgIpc) is 3.34. The van der Waals surface area contributed by atoms with Crippen molar-refractivity contribution in [2.45, 2.75) is 38.8 Å². The van der Waals surface area contributed by atoms with Gasteiger partial charge < -0.3 is 4.52 Å². The first-order chi connectivity index (χ1) is 9.58. The number of benzene rings is 1. The molecule has 3 rings (SSSR count). The summed E-state index contributed by atoms with van der Waals surface area (Å²) in [6.45, 7) is 6.04. The lowest BCUT2D eigenvalue weighted by Crippen LogP contribution is -2.14. The highest BCUT2D eigenvalue weighted by Crippen LogP contribution is 2.65. The van der Waals surface area contributed by atoms with Crippen molar-refractivity contribution in [3.63, 3.8) is 0 Å². The maximum atomic E-state index is 13.3. The van der Waals surface area contributed by atoms with Crippen LogP contribution in [0.15, 0.2) is 28.7 Å². The van der Waals surface area contributed by atoms with E-state index in [0.717, 1.165) is 30.4 Å². The van der Waals surface area contributed by atoms with E-state index in [1.54, 1.807) is 0 Å². The fourth-order valence-electron chi connectivity index (χ4n) is 2.52. The van der Waals surface area contributed by atoms with Crippen LogP contribution in [-0.4, -0.2) is 34.5 Å². The third kappa shape index (κ3) is 2.69. The van der Waals surface area contributed by atoms with Crippen molar-refractivity contribution in [3.8, 4) is 5.75 Å². The van der Waals surface area contributed by atoms with Gasteiger partial charge in [-0.2, -0.15) is 0 Å². The Bertz CT molecular complexity index is 514. The molecule has 2 aliphatic rings. The first-order valence-corrected chi connectivity index (χ1v) is 9.50. The van der Waals surface area contributed by atoms with Crippen LogP contribution >= 0.6 is 23.6 Å². The second-order valence-corrected chi connectivity index (χ2v) is 8.51. The SMILES string of the molecule is CC[C@@H]1CN1P(=O)(Oc1ccc(Br)cc1)N1C[C@H]1CC. The Morgan fingerprint density at radius 2 is 1.65 bits per heavy atom. The van der Waals surface area contributed by atoms with Gasteiger partial charge in [-0.3, -0.25) is 0 Å². The summed E-state index contributed by atoms with van der Waals surface area (Å²) in [5.41, 5.74) is 0. The molecule has 2 fully saturated rings. The van der Waals surface area contributed by atoms with Crippen molar-refractivity contribution < 1.29 is 9.09 Å². The van der Waals surface area contributed by atoms with Crippen molar-refractivity contribution in [2.24, 2.45) is 0 Å². The van der Waals surface area contributed by atoms with Crippen molar-refractivity contribution >= 4 is 23.6 Å². The fraction of sp³-hybridized carbons (Fsp3) is 0.571. The largest absolute Gasteiger partial charge is 0.422 e. The standard InChI is InChI=1S/C14H20BrN2O2P/c1-3-12-9-16(12)20(18,17-10-13(17)4-2)19-14-7-5-11(15)6-8-14/h5-8,12-13H,3-4,9-10H2,1-2H3/t12-,13-,16?,17?,20?/m1/s1. The zero-order valence-electron chi connectivity index (χ0n) is 11.8. The van der Waals surface area contributed by atoms with Gasteiger partial charge in [-0.15, -0.1) is 0 Å². The molecule has 2 unspecified atom stereocenters. The minimum absolute atomic E-state index is 0.411. The Hall–Kier alpha value is -0.350. The summed E-state index contributed by atoms with van der Waals surface area (Å²) < 4.78 is 24.4. The Kier molecular flexibility index (Phi) is 3.97. The normalized spacial score (nSPS) is 34.4. The molecule has 1 aromatic carbocycles. The predicted molar refractivity (Wildman–Crippen MR) is 83.9 cm³/mol. The van der Waals surface area contributed by atoms with Gasteiger partial charge in [0.25, 0.3) is 0 Å². The van der Waals surface area contributed by atoms with Crippen LogP contribution in [0.1, 0.15) is 26.7 Å². The Morgan fingerprint density at radius 3 is 2.05 bits per heavy atom. The van der Waals surface area contributed by atoms with Gasteiger partial charge in [0.15, 0.2) is 0 Å². The first kappa shape index (κ1) is 14.6. The summed E-state index contributed by atoms with van der Waals surface area (Å²) in [7, 11) is -2.87. The Morgan fingerprint density at radius 1 is 1.15 bits per heavy atom. The summed E-state index contributed by atoms with van der Waals surface area (Å²) in [6, 6.07) is 8.39. The molecule has 1 aromatic rings. The molecule has 2 saturated heterocycles. The van der Waals surface area contributed by atoms with Gasteiger partial charge in [-0.1, -0.05) is 29.8 Å². The monoisotopic (exact) mass is 358 g/mol. The first-order valence-electron chi connectivity index (χ1n) is 7.18. The molecule has 4 atom stereocenters. The van der Waals surface area contributed by atoms with E-state index in [9.17, 15) is 4.57 Å². The van der Waals surface area contributed by atoms with E-state index < -0.39 is 7.67 Å². The molecule has 0 amide bonds. The molecule has 0 radical (unpaired) electrons. The maximum absolute atomic E-state index is 13.3. The van der Waals surface area contributed by atoms with Gasteiger partial charge in [0.1, 0.15) is 5.75 Å². The smallest absolute Gasteiger partial charge is 0.396 e. The molecule has 0 spiro atoms. The average molecular weight is 359 g/mol. The second-order valence-electron chi connectivity index (χ2n) is 5.40. The van der Waals surface area contributed by atoms with Gasteiger partial charge in [-0.25, -0.2) is 13.9 Å². The predicted octanol–water partition coefficient (Wildman–Crippen LogP) is 4.12. The molecule has 0 saturated carbocycles. The summed E-state index contributed by atoms with van der Waals surface area (Å²) in [5.74, 6) is 0.681. The highest BCUT2D eigenvalue weighted by atomic mass is 79.9. The number of hydrogen-bond donors (Lipinski definition) is 0. The summed E-state index contributed by atoms with van der Waals surface area (Å²) >= 11 is 3.40. The van der Waals surface area contributed by atoms with E-state index in [1.807, 2.05) is 33.6 Å². The molecule has 0 N–H and O–H groups in total. The number of hydrogen-bond acceptors (Lipinski definition) is 2. The molecule has 6 heteroatoms. The van der Waals surface area contributed by atoms with Crippen molar-refractivity contribution in [1.29, 1.82) is 0 Å². The third-order valence-electron chi connectivity index (χ3n) is 4.00. The van der Waals surface area contributed by atoms with Crippen LogP contribution < -0.4 is 4.52 Å². The van der Waals surface area contributed by atoms with Crippen LogP contribution in [0.4, 0.5) is 0 Å². The summed E-state index contributed by atoms with van der Waals surface area (Å²) in [4.78, 5) is 0. The lowest BCUT2D eigenvalue weighted by atomic mass is 10.3. The molecule has 20 heavy (non-hydrogen) atoms. The molecular weight excluding hydrogens is 339 g/mol. The molecule has 0 bridgehead atoms. The van der Waals surface area contributed by atoms with Crippen LogP contribution in [0, 0.1) is 0 Å². The number of nitrogens with zero attached hydrogens (tertiary/aromatic N) is 2. The maximum Gasteiger partial charge on any atom is 0.396 e. The summed E-state index contributed by atoms with van der Waals surface area (Å²) in [5, 5.41) is 0. The van der Waals surface area contributed by atoms with E-state index in [2.05, 4.69) is 29.8 Å². The highest BCUT2D eigenvalue weighted by Gasteiger charge is 2.59. The van der Waals surface area contributed by atoms with E-state index in [4.69, 9.17) is 4.52 Å². The van der Waals surface area contributed by atoms with Gasteiger partial charge in [0.2, 0.25) is 0 Å². The van der Waals surface area contributed by atoms with Crippen LogP contribution in [-0.2, 0) is 4.57 Å². The Labute approximate surface area is 128 Å². The highest BCUT2D eigenvalue weighted by molar-refractivity contribution is 9.10.